The first-order valence-electron chi connectivity index (χ1n) is 5.56. The summed E-state index contributed by atoms with van der Waals surface area (Å²) in [5.74, 6) is -0.174. The summed E-state index contributed by atoms with van der Waals surface area (Å²) in [7, 11) is 0. The van der Waals surface area contributed by atoms with Crippen molar-refractivity contribution in [1.29, 1.82) is 0 Å². The minimum Gasteiger partial charge on any atom is -0.478 e. The number of halogens is 1. The van der Waals surface area contributed by atoms with E-state index in [0.29, 0.717) is 17.3 Å². The van der Waals surface area contributed by atoms with E-state index in [9.17, 15) is 4.79 Å². The van der Waals surface area contributed by atoms with Gasteiger partial charge < -0.3 is 9.52 Å². The van der Waals surface area contributed by atoms with Gasteiger partial charge in [0.1, 0.15) is 4.88 Å². The van der Waals surface area contributed by atoms with E-state index >= 15 is 0 Å². The van der Waals surface area contributed by atoms with Crippen LogP contribution in [0.2, 0.25) is 0 Å². The van der Waals surface area contributed by atoms with Gasteiger partial charge >= 0.3 is 5.97 Å². The predicted molar refractivity (Wildman–Crippen MR) is 77.7 cm³/mol. The number of aromatic nitrogens is 2. The van der Waals surface area contributed by atoms with Crippen LogP contribution in [0, 0.1) is 0 Å². The van der Waals surface area contributed by atoms with Crippen LogP contribution in [0.4, 0.5) is 0 Å². The van der Waals surface area contributed by atoms with Crippen LogP contribution >= 0.6 is 27.3 Å². The molecule has 2 heterocycles. The molecule has 7 heteroatoms. The minimum atomic E-state index is -0.967. The zero-order valence-corrected chi connectivity index (χ0v) is 12.3. The summed E-state index contributed by atoms with van der Waals surface area (Å²) < 4.78 is 6.51. The van der Waals surface area contributed by atoms with E-state index in [1.807, 2.05) is 11.4 Å². The summed E-state index contributed by atoms with van der Waals surface area (Å²) in [4.78, 5) is 11.7. The highest BCUT2D eigenvalue weighted by Crippen LogP contribution is 2.33. The second-order valence-electron chi connectivity index (χ2n) is 3.89. The molecule has 3 aromatic rings. The third-order valence-electron chi connectivity index (χ3n) is 2.62. The summed E-state index contributed by atoms with van der Waals surface area (Å²) in [6, 6.07) is 8.20. The first kappa shape index (κ1) is 13.0. The summed E-state index contributed by atoms with van der Waals surface area (Å²) in [6.45, 7) is 0. The van der Waals surface area contributed by atoms with Crippen molar-refractivity contribution in [3.8, 4) is 22.2 Å². The Kier molecular flexibility index (Phi) is 3.37. The van der Waals surface area contributed by atoms with Crippen LogP contribution in [0.3, 0.4) is 0 Å². The van der Waals surface area contributed by atoms with Gasteiger partial charge in [0.2, 0.25) is 5.89 Å². The number of benzene rings is 1. The molecule has 0 aliphatic rings. The molecule has 5 nitrogen and oxygen atoms in total. The Balaban J connectivity index is 1.94. The van der Waals surface area contributed by atoms with Crippen molar-refractivity contribution in [2.75, 3.05) is 0 Å². The Morgan fingerprint density at radius 1 is 1.15 bits per heavy atom. The molecule has 0 saturated carbocycles. The third-order valence-corrected chi connectivity index (χ3v) is 4.44. The minimum absolute atomic E-state index is 0.217. The first-order chi connectivity index (χ1) is 9.65. The molecule has 2 aromatic heterocycles. The van der Waals surface area contributed by atoms with Crippen molar-refractivity contribution in [2.24, 2.45) is 0 Å². The van der Waals surface area contributed by atoms with Crippen molar-refractivity contribution in [2.45, 2.75) is 0 Å². The first-order valence-corrected chi connectivity index (χ1v) is 7.23. The molecule has 0 fully saturated rings. The molecular formula is C13H7BrN2O3S. The lowest BCUT2D eigenvalue weighted by atomic mass is 10.1. The number of aromatic carboxylic acids is 1. The highest BCUT2D eigenvalue weighted by Gasteiger charge is 2.14. The molecule has 0 radical (unpaired) electrons. The second-order valence-corrected chi connectivity index (χ2v) is 5.66. The number of hydrogen-bond donors (Lipinski definition) is 1. The van der Waals surface area contributed by atoms with Gasteiger partial charge in [-0.3, -0.25) is 0 Å². The number of nitrogens with zero attached hydrogens (tertiary/aromatic N) is 2. The van der Waals surface area contributed by atoms with E-state index in [2.05, 4.69) is 26.1 Å². The lowest BCUT2D eigenvalue weighted by molar-refractivity contribution is 0.0697. The molecule has 0 unspecified atom stereocenters. The van der Waals surface area contributed by atoms with Gasteiger partial charge in [0.15, 0.2) is 0 Å². The number of thiophene rings is 1. The van der Waals surface area contributed by atoms with Gasteiger partial charge in [0, 0.05) is 10.0 Å². The van der Waals surface area contributed by atoms with Crippen LogP contribution in [0.25, 0.3) is 22.2 Å². The van der Waals surface area contributed by atoms with Crippen LogP contribution in [0.5, 0.6) is 0 Å². The van der Waals surface area contributed by atoms with E-state index in [1.54, 1.807) is 12.1 Å². The molecule has 0 saturated heterocycles. The van der Waals surface area contributed by atoms with Crippen LogP contribution in [-0.4, -0.2) is 21.3 Å². The van der Waals surface area contributed by atoms with Crippen molar-refractivity contribution in [3.63, 3.8) is 0 Å². The molecular weight excluding hydrogens is 344 g/mol. The van der Waals surface area contributed by atoms with E-state index in [-0.39, 0.29) is 5.56 Å². The van der Waals surface area contributed by atoms with Gasteiger partial charge in [-0.15, -0.1) is 21.5 Å². The molecule has 0 amide bonds. The second kappa shape index (κ2) is 5.18. The Bertz CT molecular complexity index is 764. The van der Waals surface area contributed by atoms with Crippen LogP contribution in [-0.2, 0) is 0 Å². The lowest BCUT2D eigenvalue weighted by Gasteiger charge is -1.96. The summed E-state index contributed by atoms with van der Waals surface area (Å²) in [6.07, 6.45) is 0. The summed E-state index contributed by atoms with van der Waals surface area (Å²) in [5.41, 5.74) is 0.899. The zero-order valence-electron chi connectivity index (χ0n) is 9.91. The molecule has 0 spiro atoms. The van der Waals surface area contributed by atoms with Crippen molar-refractivity contribution < 1.29 is 14.3 Å². The zero-order chi connectivity index (χ0) is 14.1. The average Bonchev–Trinajstić information content (AvgIpc) is 3.07. The smallest absolute Gasteiger partial charge is 0.335 e. The van der Waals surface area contributed by atoms with Crippen LogP contribution in [0.1, 0.15) is 10.4 Å². The molecule has 100 valence electrons. The van der Waals surface area contributed by atoms with Crippen molar-refractivity contribution in [1.82, 2.24) is 10.2 Å². The number of rotatable bonds is 3. The topological polar surface area (TPSA) is 76.2 Å². The number of carboxylic acids is 1. The maximum atomic E-state index is 10.8. The molecule has 0 atom stereocenters. The van der Waals surface area contributed by atoms with Crippen molar-refractivity contribution in [3.05, 3.63) is 45.7 Å². The number of carboxylic acid groups (broad SMARTS) is 1. The van der Waals surface area contributed by atoms with Gasteiger partial charge in [-0.05, 0) is 51.6 Å². The van der Waals surface area contributed by atoms with Gasteiger partial charge in [0.05, 0.1) is 5.56 Å². The molecule has 20 heavy (non-hydrogen) atoms. The monoisotopic (exact) mass is 350 g/mol. The predicted octanol–water partition coefficient (Wildman–Crippen LogP) is 3.93. The third kappa shape index (κ3) is 2.37. The maximum Gasteiger partial charge on any atom is 0.335 e. The fourth-order valence-corrected chi connectivity index (χ4v) is 3.09. The van der Waals surface area contributed by atoms with E-state index in [0.717, 1.165) is 9.35 Å². The summed E-state index contributed by atoms with van der Waals surface area (Å²) in [5, 5.41) is 18.8. The summed E-state index contributed by atoms with van der Waals surface area (Å²) >= 11 is 4.91. The number of hydrogen-bond acceptors (Lipinski definition) is 5. The van der Waals surface area contributed by atoms with Gasteiger partial charge in [0.25, 0.3) is 5.89 Å². The molecule has 0 bridgehead atoms. The largest absolute Gasteiger partial charge is 0.478 e. The van der Waals surface area contributed by atoms with Crippen molar-refractivity contribution >= 4 is 33.2 Å². The normalized spacial score (nSPS) is 10.7. The fraction of sp³-hybridized carbons (Fsp3) is 0. The van der Waals surface area contributed by atoms with E-state index in [4.69, 9.17) is 9.52 Å². The Morgan fingerprint density at radius 3 is 2.45 bits per heavy atom. The SMILES string of the molecule is O=C(O)c1ccc(-c2nnc(-c3sccc3Br)o2)cc1. The maximum absolute atomic E-state index is 10.8. The van der Waals surface area contributed by atoms with Gasteiger partial charge in [-0.1, -0.05) is 0 Å². The quantitative estimate of drug-likeness (QED) is 0.774. The van der Waals surface area contributed by atoms with E-state index in [1.165, 1.54) is 23.5 Å². The number of carbonyl (C=O) groups is 1. The van der Waals surface area contributed by atoms with Crippen LogP contribution < -0.4 is 0 Å². The molecule has 0 aliphatic heterocycles. The lowest BCUT2D eigenvalue weighted by Crippen LogP contribution is -1.94. The fourth-order valence-electron chi connectivity index (χ4n) is 1.63. The molecule has 3 rings (SSSR count). The van der Waals surface area contributed by atoms with Crippen LogP contribution in [0.15, 0.2) is 44.6 Å². The standard InChI is InChI=1S/C13H7BrN2O3S/c14-9-5-6-20-10(9)12-16-15-11(19-12)7-1-3-8(4-2-7)13(17)18/h1-6H,(H,17,18). The molecule has 0 aliphatic carbocycles. The Labute approximate surface area is 126 Å². The molecule has 1 aromatic carbocycles. The van der Waals surface area contributed by atoms with E-state index < -0.39 is 5.97 Å². The highest BCUT2D eigenvalue weighted by atomic mass is 79.9. The molecule has 1 N–H and O–H groups in total. The Morgan fingerprint density at radius 2 is 1.85 bits per heavy atom. The average molecular weight is 351 g/mol. The van der Waals surface area contributed by atoms with Gasteiger partial charge in [-0.2, -0.15) is 0 Å². The highest BCUT2D eigenvalue weighted by molar-refractivity contribution is 9.10. The Hall–Kier alpha value is -1.99. The van der Waals surface area contributed by atoms with Gasteiger partial charge in [-0.25, -0.2) is 4.79 Å².